The van der Waals surface area contributed by atoms with Crippen LogP contribution in [0.4, 0.5) is 0 Å². The zero-order valence-electron chi connectivity index (χ0n) is 6.55. The third kappa shape index (κ3) is 1.89. The Morgan fingerprint density at radius 3 is 3.00 bits per heavy atom. The Hall–Kier alpha value is -0.640. The molecule has 1 rings (SSSR count). The van der Waals surface area contributed by atoms with Crippen molar-refractivity contribution in [1.29, 1.82) is 0 Å². The molecule has 0 radical (unpaired) electrons. The van der Waals surface area contributed by atoms with Crippen molar-refractivity contribution in [2.24, 2.45) is 5.73 Å². The summed E-state index contributed by atoms with van der Waals surface area (Å²) in [6.07, 6.45) is 0.864. The number of allylic oxidation sites excluding steroid dienone is 1. The molecule has 1 fully saturated rings. The van der Waals surface area contributed by atoms with Crippen LogP contribution in [0.15, 0.2) is 11.4 Å². The van der Waals surface area contributed by atoms with E-state index in [9.17, 15) is 5.41 Å². The summed E-state index contributed by atoms with van der Waals surface area (Å²) in [5, 5.41) is 12.2. The third-order valence-corrected chi connectivity index (χ3v) is 2.65. The van der Waals surface area contributed by atoms with Gasteiger partial charge in [-0.1, -0.05) is 0 Å². The molecule has 3 nitrogen and oxygen atoms in total. The second kappa shape index (κ2) is 3.67. The Labute approximate surface area is 70.9 Å². The first-order chi connectivity index (χ1) is 5.25. The first-order valence-corrected chi connectivity index (χ1v) is 4.70. The van der Waals surface area contributed by atoms with Crippen molar-refractivity contribution < 1.29 is 0 Å². The van der Waals surface area contributed by atoms with E-state index in [1.807, 2.05) is 0 Å². The van der Waals surface area contributed by atoms with Crippen LogP contribution in [0, 0.1) is 0 Å². The maximum absolute atomic E-state index is 9.39. The van der Waals surface area contributed by atoms with E-state index in [2.05, 4.69) is 5.32 Å². The molecule has 1 heterocycles. The molecule has 0 aliphatic carbocycles. The normalized spacial score (nSPS) is 23.2. The van der Waals surface area contributed by atoms with Gasteiger partial charge in [0.2, 0.25) is 0 Å². The molecule has 0 aromatic rings. The van der Waals surface area contributed by atoms with Crippen LogP contribution in [0.1, 0.15) is 6.42 Å². The van der Waals surface area contributed by atoms with Crippen molar-refractivity contribution in [3.05, 3.63) is 16.8 Å². The second-order valence-corrected chi connectivity index (χ2v) is 3.50. The van der Waals surface area contributed by atoms with E-state index < -0.39 is 0 Å². The predicted octanol–water partition coefficient (Wildman–Crippen LogP) is 0.523. The molecule has 0 aromatic carbocycles. The number of thioether (sulfide) groups is 1. The van der Waals surface area contributed by atoms with Crippen LogP contribution in [0.2, 0.25) is 0 Å². The summed E-state index contributed by atoms with van der Waals surface area (Å²) in [5.41, 5.74) is 6.92. The Bertz CT molecular complexity index is 198. The van der Waals surface area contributed by atoms with Gasteiger partial charge in [0.15, 0.2) is 0 Å². The van der Waals surface area contributed by atoms with Crippen LogP contribution in [0.25, 0.3) is 5.41 Å². The molecule has 0 saturated carbocycles. The van der Waals surface area contributed by atoms with Gasteiger partial charge in [0.05, 0.1) is 5.82 Å². The summed E-state index contributed by atoms with van der Waals surface area (Å²) in [7, 11) is 1.76. The van der Waals surface area contributed by atoms with Crippen LogP contribution < -0.4 is 11.1 Å². The molecule has 1 aliphatic heterocycles. The van der Waals surface area contributed by atoms with Crippen molar-refractivity contribution in [3.63, 3.8) is 0 Å². The van der Waals surface area contributed by atoms with Crippen molar-refractivity contribution in [2.75, 3.05) is 18.6 Å². The van der Waals surface area contributed by atoms with Crippen molar-refractivity contribution in [3.8, 4) is 0 Å². The molecule has 0 unspecified atom stereocenters. The highest BCUT2D eigenvalue weighted by atomic mass is 32.2. The van der Waals surface area contributed by atoms with Gasteiger partial charge in [0.1, 0.15) is 0 Å². The van der Waals surface area contributed by atoms with Gasteiger partial charge in [0, 0.05) is 7.05 Å². The number of hydrogen-bond donors (Lipinski definition) is 2. The molecule has 0 bridgehead atoms. The lowest BCUT2D eigenvalue weighted by atomic mass is 10.1. The predicted molar refractivity (Wildman–Crippen MR) is 50.6 cm³/mol. The molecule has 4 heteroatoms. The fraction of sp³-hybridized carbons (Fsp3) is 0.571. The van der Waals surface area contributed by atoms with E-state index >= 15 is 0 Å². The van der Waals surface area contributed by atoms with Gasteiger partial charge in [-0.05, 0) is 23.5 Å². The summed E-state index contributed by atoms with van der Waals surface area (Å²) in [6, 6.07) is 0. The van der Waals surface area contributed by atoms with E-state index in [0.717, 1.165) is 17.7 Å². The fourth-order valence-electron chi connectivity index (χ4n) is 1.02. The zero-order valence-corrected chi connectivity index (χ0v) is 7.37. The quantitative estimate of drug-likeness (QED) is 0.603. The molecule has 1 saturated heterocycles. The van der Waals surface area contributed by atoms with Crippen molar-refractivity contribution >= 4 is 17.5 Å². The van der Waals surface area contributed by atoms with E-state index in [0.29, 0.717) is 17.3 Å². The minimum Gasteiger partial charge on any atom is -0.807 e. The van der Waals surface area contributed by atoms with Crippen LogP contribution in [0.5, 0.6) is 0 Å². The molecule has 62 valence electrons. The standard InChI is InChI=1S/C7H12N3S/c1-10-7(9)5-2-3-11-4-6(5)8/h10H,2-4,9H2,1H3/q-1/b7-5-. The Morgan fingerprint density at radius 1 is 1.73 bits per heavy atom. The second-order valence-electron chi connectivity index (χ2n) is 2.39. The van der Waals surface area contributed by atoms with Crippen LogP contribution in [0.3, 0.4) is 0 Å². The average molecular weight is 170 g/mol. The first kappa shape index (κ1) is 8.46. The number of nitrogens with zero attached hydrogens (tertiary/aromatic N) is 1. The summed E-state index contributed by atoms with van der Waals surface area (Å²) in [4.78, 5) is 0. The number of rotatable bonds is 1. The van der Waals surface area contributed by atoms with Crippen LogP contribution >= 0.6 is 11.8 Å². The third-order valence-electron chi connectivity index (χ3n) is 1.68. The summed E-state index contributed by atoms with van der Waals surface area (Å²) in [6.45, 7) is 0. The minimum atomic E-state index is 0.424. The lowest BCUT2D eigenvalue weighted by molar-refractivity contribution is 0.927. The lowest BCUT2D eigenvalue weighted by Crippen LogP contribution is -2.24. The van der Waals surface area contributed by atoms with E-state index in [1.165, 1.54) is 0 Å². The molecule has 0 spiro atoms. The maximum Gasteiger partial charge on any atom is 0.0974 e. The van der Waals surface area contributed by atoms with Crippen molar-refractivity contribution in [2.45, 2.75) is 6.42 Å². The first-order valence-electron chi connectivity index (χ1n) is 3.55. The number of nitrogens with one attached hydrogen (secondary N) is 1. The minimum absolute atomic E-state index is 0.424. The van der Waals surface area contributed by atoms with Gasteiger partial charge in [-0.25, -0.2) is 0 Å². The number of hydrogen-bond acceptors (Lipinski definition) is 3. The maximum atomic E-state index is 9.39. The van der Waals surface area contributed by atoms with Gasteiger partial charge < -0.3 is 16.5 Å². The summed E-state index contributed by atoms with van der Waals surface area (Å²) < 4.78 is 0. The monoisotopic (exact) mass is 170 g/mol. The molecule has 1 aliphatic rings. The van der Waals surface area contributed by atoms with E-state index in [4.69, 9.17) is 5.73 Å². The van der Waals surface area contributed by atoms with Gasteiger partial charge in [0.25, 0.3) is 0 Å². The van der Waals surface area contributed by atoms with Gasteiger partial charge >= 0.3 is 0 Å². The molecule has 3 N–H and O–H groups in total. The highest BCUT2D eigenvalue weighted by Gasteiger charge is 2.08. The number of nitrogens with two attached hydrogens (primary N) is 1. The highest BCUT2D eigenvalue weighted by molar-refractivity contribution is 8.00. The van der Waals surface area contributed by atoms with Crippen molar-refractivity contribution in [1.82, 2.24) is 5.32 Å². The SMILES string of the molecule is CN/C(N)=C1/CCSCC1=[N-]. The molecule has 11 heavy (non-hydrogen) atoms. The van der Waals surface area contributed by atoms with Crippen LogP contribution in [-0.2, 0) is 0 Å². The Morgan fingerprint density at radius 2 is 2.45 bits per heavy atom. The van der Waals surface area contributed by atoms with E-state index in [-0.39, 0.29) is 0 Å². The van der Waals surface area contributed by atoms with Gasteiger partial charge in [-0.3, -0.25) is 0 Å². The van der Waals surface area contributed by atoms with Gasteiger partial charge in [-0.15, -0.1) is 0 Å². The van der Waals surface area contributed by atoms with Crippen LogP contribution in [-0.4, -0.2) is 24.3 Å². The summed E-state index contributed by atoms with van der Waals surface area (Å²) >= 11 is 1.73. The summed E-state index contributed by atoms with van der Waals surface area (Å²) in [5.74, 6) is 2.34. The zero-order chi connectivity index (χ0) is 8.27. The molecular weight excluding hydrogens is 158 g/mol. The lowest BCUT2D eigenvalue weighted by Gasteiger charge is -2.23. The van der Waals surface area contributed by atoms with Gasteiger partial charge in [-0.2, -0.15) is 17.5 Å². The topological polar surface area (TPSA) is 60.3 Å². The molecule has 0 atom stereocenters. The smallest absolute Gasteiger partial charge is 0.0974 e. The largest absolute Gasteiger partial charge is 0.807 e. The molecule has 0 aromatic heterocycles. The Kier molecular flexibility index (Phi) is 2.82. The van der Waals surface area contributed by atoms with E-state index in [1.54, 1.807) is 18.8 Å². The Balaban J connectivity index is 2.75. The molecule has 0 amide bonds. The fourth-order valence-corrected chi connectivity index (χ4v) is 1.88. The highest BCUT2D eigenvalue weighted by Crippen LogP contribution is 2.19. The molecular formula is C7H12N3S-. The average Bonchev–Trinajstić information content (AvgIpc) is 2.04.